The van der Waals surface area contributed by atoms with Crippen LogP contribution in [0.2, 0.25) is 0 Å². The van der Waals surface area contributed by atoms with Gasteiger partial charge in [0.05, 0.1) is 25.7 Å². The van der Waals surface area contributed by atoms with Crippen LogP contribution >= 0.6 is 27.3 Å². The summed E-state index contributed by atoms with van der Waals surface area (Å²) in [4.78, 5) is 22.9. The first-order chi connectivity index (χ1) is 10.5. The Morgan fingerprint density at radius 2 is 2.00 bits per heavy atom. The second-order valence-electron chi connectivity index (χ2n) is 4.44. The SMILES string of the molecule is C/C(=N\NC(=O)Cc1ccc([N+](=O)[O-])cc1)c1ccc(Br)s1. The predicted molar refractivity (Wildman–Crippen MR) is 89.2 cm³/mol. The maximum Gasteiger partial charge on any atom is 0.269 e. The Morgan fingerprint density at radius 1 is 1.32 bits per heavy atom. The number of thiophene rings is 1. The highest BCUT2D eigenvalue weighted by Gasteiger charge is 2.07. The summed E-state index contributed by atoms with van der Waals surface area (Å²) in [7, 11) is 0. The van der Waals surface area contributed by atoms with E-state index < -0.39 is 4.92 Å². The monoisotopic (exact) mass is 381 g/mol. The third kappa shape index (κ3) is 4.47. The van der Waals surface area contributed by atoms with E-state index in [0.29, 0.717) is 11.3 Å². The van der Waals surface area contributed by atoms with Crippen LogP contribution < -0.4 is 5.43 Å². The van der Waals surface area contributed by atoms with Gasteiger partial charge in [0.2, 0.25) is 5.91 Å². The molecule has 0 aliphatic heterocycles. The molecule has 6 nitrogen and oxygen atoms in total. The van der Waals surface area contributed by atoms with Crippen LogP contribution in [0.3, 0.4) is 0 Å². The third-order valence-electron chi connectivity index (χ3n) is 2.79. The van der Waals surface area contributed by atoms with Gasteiger partial charge in [0.25, 0.3) is 5.69 Å². The number of non-ortho nitro benzene ring substituents is 1. The van der Waals surface area contributed by atoms with Crippen molar-refractivity contribution in [1.82, 2.24) is 5.43 Å². The van der Waals surface area contributed by atoms with Crippen LogP contribution in [0.4, 0.5) is 5.69 Å². The zero-order valence-corrected chi connectivity index (χ0v) is 14.0. The zero-order valence-electron chi connectivity index (χ0n) is 11.6. The summed E-state index contributed by atoms with van der Waals surface area (Å²) in [6, 6.07) is 9.70. The van der Waals surface area contributed by atoms with Crippen LogP contribution in [0.25, 0.3) is 0 Å². The van der Waals surface area contributed by atoms with Crippen molar-refractivity contribution in [2.24, 2.45) is 5.10 Å². The van der Waals surface area contributed by atoms with E-state index >= 15 is 0 Å². The molecule has 1 aromatic heterocycles. The summed E-state index contributed by atoms with van der Waals surface area (Å²) in [6.07, 6.45) is 0.114. The maximum atomic E-state index is 11.8. The van der Waals surface area contributed by atoms with Crippen molar-refractivity contribution in [3.8, 4) is 0 Å². The van der Waals surface area contributed by atoms with Gasteiger partial charge in [-0.25, -0.2) is 5.43 Å². The number of nitrogens with one attached hydrogen (secondary N) is 1. The molecule has 1 amide bonds. The van der Waals surface area contributed by atoms with Crippen molar-refractivity contribution in [2.75, 3.05) is 0 Å². The fourth-order valence-corrected chi connectivity index (χ4v) is 3.00. The topological polar surface area (TPSA) is 84.6 Å². The van der Waals surface area contributed by atoms with E-state index in [2.05, 4.69) is 26.5 Å². The lowest BCUT2D eigenvalue weighted by Gasteiger charge is -2.02. The fourth-order valence-electron chi connectivity index (χ4n) is 1.67. The minimum absolute atomic E-state index is 0.00120. The highest BCUT2D eigenvalue weighted by Crippen LogP contribution is 2.22. The molecular formula is C14H12BrN3O3S. The Hall–Kier alpha value is -2.06. The van der Waals surface area contributed by atoms with E-state index in [0.717, 1.165) is 8.66 Å². The number of nitro groups is 1. The molecule has 0 spiro atoms. The first-order valence-corrected chi connectivity index (χ1v) is 7.89. The molecule has 1 heterocycles. The molecule has 0 atom stereocenters. The van der Waals surface area contributed by atoms with Crippen molar-refractivity contribution in [2.45, 2.75) is 13.3 Å². The molecule has 0 unspecified atom stereocenters. The molecule has 0 saturated heterocycles. The number of benzene rings is 1. The first-order valence-electron chi connectivity index (χ1n) is 6.28. The highest BCUT2D eigenvalue weighted by atomic mass is 79.9. The van der Waals surface area contributed by atoms with Gasteiger partial charge in [0.15, 0.2) is 0 Å². The Balaban J connectivity index is 1.94. The van der Waals surface area contributed by atoms with E-state index in [9.17, 15) is 14.9 Å². The summed E-state index contributed by atoms with van der Waals surface area (Å²) < 4.78 is 0.995. The first kappa shape index (κ1) is 16.3. The Labute approximate surface area is 139 Å². The maximum absolute atomic E-state index is 11.8. The molecule has 0 radical (unpaired) electrons. The Morgan fingerprint density at radius 3 is 2.55 bits per heavy atom. The standard InChI is InChI=1S/C14H12BrN3O3S/c1-9(12-6-7-13(15)22-12)16-17-14(19)8-10-2-4-11(5-3-10)18(20)21/h2-7H,8H2,1H3,(H,17,19)/b16-9+. The van der Waals surface area contributed by atoms with Crippen LogP contribution in [0, 0.1) is 10.1 Å². The van der Waals surface area contributed by atoms with Crippen molar-refractivity contribution in [3.63, 3.8) is 0 Å². The Bertz CT molecular complexity index is 725. The number of halogens is 1. The fraction of sp³-hybridized carbons (Fsp3) is 0.143. The minimum atomic E-state index is -0.476. The van der Waals surface area contributed by atoms with Gasteiger partial charge in [-0.15, -0.1) is 11.3 Å². The van der Waals surface area contributed by atoms with Crippen molar-refractivity contribution < 1.29 is 9.72 Å². The van der Waals surface area contributed by atoms with Gasteiger partial charge in [-0.2, -0.15) is 5.10 Å². The largest absolute Gasteiger partial charge is 0.273 e. The number of hydrazone groups is 1. The molecule has 1 aromatic carbocycles. The number of carbonyl (C=O) groups is 1. The quantitative estimate of drug-likeness (QED) is 0.488. The summed E-state index contributed by atoms with van der Waals surface area (Å²) in [5.41, 5.74) is 3.89. The molecule has 0 aliphatic rings. The van der Waals surface area contributed by atoms with Gasteiger partial charge in [0.1, 0.15) is 0 Å². The van der Waals surface area contributed by atoms with E-state index in [1.165, 1.54) is 23.5 Å². The van der Waals surface area contributed by atoms with Crippen molar-refractivity contribution in [1.29, 1.82) is 0 Å². The zero-order chi connectivity index (χ0) is 16.1. The molecule has 0 saturated carbocycles. The average molecular weight is 382 g/mol. The molecule has 2 rings (SSSR count). The van der Waals surface area contributed by atoms with Crippen LogP contribution in [-0.2, 0) is 11.2 Å². The number of hydrogen-bond donors (Lipinski definition) is 1. The molecular weight excluding hydrogens is 370 g/mol. The van der Waals surface area contributed by atoms with Gasteiger partial charge in [-0.05, 0) is 40.5 Å². The lowest BCUT2D eigenvalue weighted by molar-refractivity contribution is -0.384. The molecule has 2 aromatic rings. The summed E-state index contributed by atoms with van der Waals surface area (Å²) in [5.74, 6) is -0.274. The number of hydrogen-bond acceptors (Lipinski definition) is 5. The lowest BCUT2D eigenvalue weighted by atomic mass is 10.1. The van der Waals surface area contributed by atoms with Gasteiger partial charge in [0, 0.05) is 12.1 Å². The number of nitrogens with zero attached hydrogens (tertiary/aromatic N) is 2. The molecule has 1 N–H and O–H groups in total. The second kappa shape index (κ2) is 7.28. The molecule has 0 fully saturated rings. The van der Waals surface area contributed by atoms with E-state index in [-0.39, 0.29) is 18.0 Å². The number of carbonyl (C=O) groups excluding carboxylic acids is 1. The molecule has 114 valence electrons. The summed E-state index contributed by atoms with van der Waals surface area (Å²) >= 11 is 4.90. The van der Waals surface area contributed by atoms with Crippen molar-refractivity contribution >= 4 is 44.6 Å². The molecule has 22 heavy (non-hydrogen) atoms. The van der Waals surface area contributed by atoms with E-state index in [1.54, 1.807) is 12.1 Å². The smallest absolute Gasteiger partial charge is 0.269 e. The van der Waals surface area contributed by atoms with Crippen LogP contribution in [0.1, 0.15) is 17.4 Å². The van der Waals surface area contributed by atoms with Gasteiger partial charge < -0.3 is 0 Å². The van der Waals surface area contributed by atoms with E-state index in [1.807, 2.05) is 19.1 Å². The van der Waals surface area contributed by atoms with Crippen LogP contribution in [-0.4, -0.2) is 16.5 Å². The summed E-state index contributed by atoms with van der Waals surface area (Å²) in [6.45, 7) is 1.81. The van der Waals surface area contributed by atoms with Crippen LogP contribution in [0.5, 0.6) is 0 Å². The molecule has 0 bridgehead atoms. The van der Waals surface area contributed by atoms with Gasteiger partial charge in [-0.1, -0.05) is 12.1 Å². The Kier molecular flexibility index (Phi) is 5.40. The summed E-state index contributed by atoms with van der Waals surface area (Å²) in [5, 5.41) is 14.6. The number of rotatable bonds is 5. The lowest BCUT2D eigenvalue weighted by Crippen LogP contribution is -2.21. The molecule has 8 heteroatoms. The van der Waals surface area contributed by atoms with Gasteiger partial charge in [-0.3, -0.25) is 14.9 Å². The average Bonchev–Trinajstić information content (AvgIpc) is 2.92. The highest BCUT2D eigenvalue weighted by molar-refractivity contribution is 9.11. The van der Waals surface area contributed by atoms with Gasteiger partial charge >= 0.3 is 0 Å². The molecule has 0 aliphatic carbocycles. The minimum Gasteiger partial charge on any atom is -0.273 e. The van der Waals surface area contributed by atoms with Crippen LogP contribution in [0.15, 0.2) is 45.3 Å². The predicted octanol–water partition coefficient (Wildman–Crippen LogP) is 3.50. The number of amides is 1. The van der Waals surface area contributed by atoms with E-state index in [4.69, 9.17) is 0 Å². The third-order valence-corrected chi connectivity index (χ3v) is 4.52. The number of nitro benzene ring substituents is 1. The van der Waals surface area contributed by atoms with Crippen molar-refractivity contribution in [3.05, 3.63) is 60.7 Å². The normalized spacial score (nSPS) is 11.3. The second-order valence-corrected chi connectivity index (χ2v) is 6.90.